The first-order valence-corrected chi connectivity index (χ1v) is 9.83. The van der Waals surface area contributed by atoms with Crippen LogP contribution >= 0.6 is 0 Å². The molecule has 1 N–H and O–H groups in total. The van der Waals surface area contributed by atoms with Gasteiger partial charge < -0.3 is 14.6 Å². The van der Waals surface area contributed by atoms with Crippen LogP contribution in [0.4, 0.5) is 0 Å². The van der Waals surface area contributed by atoms with Crippen molar-refractivity contribution in [2.24, 2.45) is 0 Å². The normalized spacial score (nSPS) is 10.9. The summed E-state index contributed by atoms with van der Waals surface area (Å²) in [5, 5.41) is 11.0. The first-order valence-electron chi connectivity index (χ1n) is 9.83. The molecule has 0 amide bonds. The molecule has 0 bridgehead atoms. The third-order valence-corrected chi connectivity index (χ3v) is 5.07. The number of methoxy groups -OCH3 is 1. The molecule has 0 aliphatic rings. The van der Waals surface area contributed by atoms with Gasteiger partial charge in [-0.1, -0.05) is 30.3 Å². The minimum absolute atomic E-state index is 0.0296. The van der Waals surface area contributed by atoms with E-state index in [-0.39, 0.29) is 11.3 Å². The van der Waals surface area contributed by atoms with E-state index in [4.69, 9.17) is 14.5 Å². The molecule has 2 aromatic carbocycles. The number of aromatic carboxylic acids is 1. The van der Waals surface area contributed by atoms with Gasteiger partial charge >= 0.3 is 5.97 Å². The Kier molecular flexibility index (Phi) is 4.84. The number of hydrogen-bond acceptors (Lipinski definition) is 6. The fourth-order valence-corrected chi connectivity index (χ4v) is 3.56. The van der Waals surface area contributed by atoms with Crippen LogP contribution < -0.4 is 9.47 Å². The maximum Gasteiger partial charge on any atom is 0.339 e. The minimum Gasteiger partial charge on any atom is -0.496 e. The fourth-order valence-electron chi connectivity index (χ4n) is 3.56. The smallest absolute Gasteiger partial charge is 0.339 e. The first kappa shape index (κ1) is 19.4. The molecule has 0 aliphatic heterocycles. The maximum absolute atomic E-state index is 11.7. The maximum atomic E-state index is 11.7. The summed E-state index contributed by atoms with van der Waals surface area (Å²) >= 11 is 0. The Labute approximate surface area is 182 Å². The molecule has 0 radical (unpaired) electrons. The molecule has 0 saturated heterocycles. The van der Waals surface area contributed by atoms with E-state index in [1.807, 2.05) is 48.5 Å². The molecule has 0 saturated carbocycles. The van der Waals surface area contributed by atoms with Crippen molar-refractivity contribution in [3.8, 4) is 28.5 Å². The second-order valence-electron chi connectivity index (χ2n) is 7.04. The van der Waals surface area contributed by atoms with Crippen molar-refractivity contribution in [3.05, 3.63) is 84.7 Å². The molecule has 32 heavy (non-hydrogen) atoms. The van der Waals surface area contributed by atoms with Crippen LogP contribution in [-0.2, 0) is 0 Å². The van der Waals surface area contributed by atoms with Crippen LogP contribution in [0.15, 0.2) is 79.1 Å². The Morgan fingerprint density at radius 2 is 1.72 bits per heavy atom. The lowest BCUT2D eigenvalue weighted by Crippen LogP contribution is -2.01. The van der Waals surface area contributed by atoms with Crippen molar-refractivity contribution in [2.75, 3.05) is 7.11 Å². The summed E-state index contributed by atoms with van der Waals surface area (Å²) in [7, 11) is 1.43. The van der Waals surface area contributed by atoms with Gasteiger partial charge in [0.05, 0.1) is 12.6 Å². The van der Waals surface area contributed by atoms with Gasteiger partial charge in [0, 0.05) is 34.8 Å². The highest BCUT2D eigenvalue weighted by Crippen LogP contribution is 2.37. The summed E-state index contributed by atoms with van der Waals surface area (Å²) in [6, 6.07) is 20.1. The Morgan fingerprint density at radius 1 is 0.875 bits per heavy atom. The number of rotatable bonds is 5. The standard InChI is InChI=1S/C25H17N3O4/c1-31-21-14-19-17(13-18(21)25(29)30)20(9-11-26-19)32-22-12-16-8-5-10-27-24(16)28-23(22)15-6-3-2-4-7-15/h2-14H,1H3,(H,29,30). The van der Waals surface area contributed by atoms with Crippen LogP contribution in [0.1, 0.15) is 10.4 Å². The van der Waals surface area contributed by atoms with Crippen molar-refractivity contribution >= 4 is 27.9 Å². The number of ether oxygens (including phenoxy) is 2. The van der Waals surface area contributed by atoms with E-state index in [0.29, 0.717) is 33.7 Å². The predicted molar refractivity (Wildman–Crippen MR) is 120 cm³/mol. The molecule has 0 fully saturated rings. The molecule has 0 unspecified atom stereocenters. The number of aromatic nitrogens is 3. The van der Waals surface area contributed by atoms with E-state index < -0.39 is 5.97 Å². The molecule has 0 spiro atoms. The van der Waals surface area contributed by atoms with Gasteiger partial charge in [-0.2, -0.15) is 0 Å². The number of carboxylic acid groups (broad SMARTS) is 1. The highest BCUT2D eigenvalue weighted by Gasteiger charge is 2.17. The van der Waals surface area contributed by atoms with Crippen molar-refractivity contribution in [2.45, 2.75) is 0 Å². The molecule has 156 valence electrons. The summed E-state index contributed by atoms with van der Waals surface area (Å²) in [5.74, 6) is 0.124. The lowest BCUT2D eigenvalue weighted by atomic mass is 10.1. The number of nitrogens with zero attached hydrogens (tertiary/aromatic N) is 3. The Bertz CT molecular complexity index is 1470. The summed E-state index contributed by atoms with van der Waals surface area (Å²) < 4.78 is 11.5. The highest BCUT2D eigenvalue weighted by molar-refractivity contribution is 5.98. The summed E-state index contributed by atoms with van der Waals surface area (Å²) in [6.45, 7) is 0. The second-order valence-corrected chi connectivity index (χ2v) is 7.04. The Hall–Kier alpha value is -4.52. The van der Waals surface area contributed by atoms with E-state index in [2.05, 4.69) is 9.97 Å². The Balaban J connectivity index is 1.71. The first-order chi connectivity index (χ1) is 15.6. The number of hydrogen-bond donors (Lipinski definition) is 1. The van der Waals surface area contributed by atoms with Crippen LogP contribution in [0.25, 0.3) is 33.2 Å². The fraction of sp³-hybridized carbons (Fsp3) is 0.0400. The number of fused-ring (bicyclic) bond motifs is 2. The zero-order valence-electron chi connectivity index (χ0n) is 17.0. The third-order valence-electron chi connectivity index (χ3n) is 5.07. The SMILES string of the molecule is COc1cc2nccc(Oc3cc4cccnc4nc3-c3ccccc3)c2cc1C(=O)O. The van der Waals surface area contributed by atoms with Gasteiger partial charge in [0.15, 0.2) is 11.4 Å². The van der Waals surface area contributed by atoms with Crippen molar-refractivity contribution in [1.29, 1.82) is 0 Å². The lowest BCUT2D eigenvalue weighted by Gasteiger charge is -2.14. The second kappa shape index (κ2) is 7.96. The van der Waals surface area contributed by atoms with Crippen molar-refractivity contribution < 1.29 is 19.4 Å². The predicted octanol–water partition coefficient (Wildman–Crippen LogP) is 5.34. The zero-order chi connectivity index (χ0) is 22.1. The van der Waals surface area contributed by atoms with Gasteiger partial charge in [-0.3, -0.25) is 4.98 Å². The number of carboxylic acids is 1. The van der Waals surface area contributed by atoms with E-state index in [1.165, 1.54) is 13.2 Å². The topological polar surface area (TPSA) is 94.4 Å². The summed E-state index contributed by atoms with van der Waals surface area (Å²) in [5.41, 5.74) is 2.70. The average Bonchev–Trinajstić information content (AvgIpc) is 2.83. The molecule has 7 nitrogen and oxygen atoms in total. The number of pyridine rings is 3. The monoisotopic (exact) mass is 423 g/mol. The quantitative estimate of drug-likeness (QED) is 0.407. The van der Waals surface area contributed by atoms with E-state index in [1.54, 1.807) is 24.5 Å². The minimum atomic E-state index is -1.10. The molecule has 3 aromatic heterocycles. The average molecular weight is 423 g/mol. The van der Waals surface area contributed by atoms with Crippen LogP contribution in [0.5, 0.6) is 17.2 Å². The third kappa shape index (κ3) is 3.45. The largest absolute Gasteiger partial charge is 0.496 e. The molecular formula is C25H17N3O4. The van der Waals surface area contributed by atoms with Gasteiger partial charge in [-0.15, -0.1) is 0 Å². The molecular weight excluding hydrogens is 406 g/mol. The molecule has 5 aromatic rings. The van der Waals surface area contributed by atoms with Crippen molar-refractivity contribution in [3.63, 3.8) is 0 Å². The number of carbonyl (C=O) groups is 1. The van der Waals surface area contributed by atoms with Gasteiger partial charge in [0.2, 0.25) is 0 Å². The van der Waals surface area contributed by atoms with Gasteiger partial charge in [0.1, 0.15) is 22.8 Å². The van der Waals surface area contributed by atoms with Crippen LogP contribution in [-0.4, -0.2) is 33.1 Å². The Morgan fingerprint density at radius 3 is 2.50 bits per heavy atom. The molecule has 0 aliphatic carbocycles. The van der Waals surface area contributed by atoms with Crippen molar-refractivity contribution in [1.82, 2.24) is 15.0 Å². The van der Waals surface area contributed by atoms with Crippen LogP contribution in [0.2, 0.25) is 0 Å². The number of benzene rings is 2. The van der Waals surface area contributed by atoms with Gasteiger partial charge in [-0.25, -0.2) is 14.8 Å². The molecule has 0 atom stereocenters. The summed E-state index contributed by atoms with van der Waals surface area (Å²) in [6.07, 6.45) is 3.30. The van der Waals surface area contributed by atoms with Crippen LogP contribution in [0.3, 0.4) is 0 Å². The molecule has 7 heteroatoms. The molecule has 5 rings (SSSR count). The van der Waals surface area contributed by atoms with E-state index in [9.17, 15) is 9.90 Å². The summed E-state index contributed by atoms with van der Waals surface area (Å²) in [4.78, 5) is 25.2. The van der Waals surface area contributed by atoms with Crippen LogP contribution in [0, 0.1) is 0 Å². The van der Waals surface area contributed by atoms with Gasteiger partial charge in [0.25, 0.3) is 0 Å². The lowest BCUT2D eigenvalue weighted by molar-refractivity contribution is 0.0693. The zero-order valence-corrected chi connectivity index (χ0v) is 17.0. The van der Waals surface area contributed by atoms with Gasteiger partial charge in [-0.05, 0) is 30.3 Å². The highest BCUT2D eigenvalue weighted by atomic mass is 16.5. The van der Waals surface area contributed by atoms with E-state index >= 15 is 0 Å². The molecule has 3 heterocycles. The van der Waals surface area contributed by atoms with E-state index in [0.717, 1.165) is 10.9 Å².